The summed E-state index contributed by atoms with van der Waals surface area (Å²) in [5.41, 5.74) is 0. The third-order valence-corrected chi connectivity index (χ3v) is 1.99. The van der Waals surface area contributed by atoms with Crippen molar-refractivity contribution in [3.8, 4) is 11.8 Å². The number of hydrogen-bond donors (Lipinski definition) is 1. The number of amides is 1. The third-order valence-electron chi connectivity index (χ3n) is 1.99. The monoisotopic (exact) mass is 221 g/mol. The van der Waals surface area contributed by atoms with Gasteiger partial charge in [0.1, 0.15) is 0 Å². The lowest BCUT2D eigenvalue weighted by Gasteiger charge is -2.06. The van der Waals surface area contributed by atoms with Crippen molar-refractivity contribution in [1.82, 2.24) is 5.32 Å². The maximum atomic E-state index is 11.3. The molecule has 2 nitrogen and oxygen atoms in total. The van der Waals surface area contributed by atoms with Crippen molar-refractivity contribution in [2.75, 3.05) is 6.54 Å². The van der Waals surface area contributed by atoms with Crippen LogP contribution in [-0.2, 0) is 4.79 Å². The summed E-state index contributed by atoms with van der Waals surface area (Å²) in [7, 11) is 0. The highest BCUT2D eigenvalue weighted by Gasteiger charge is 2.00. The molecule has 0 aliphatic carbocycles. The van der Waals surface area contributed by atoms with E-state index in [1.54, 1.807) is 0 Å². The van der Waals surface area contributed by atoms with E-state index in [2.05, 4.69) is 31.0 Å². The summed E-state index contributed by atoms with van der Waals surface area (Å²) in [5, 5.41) is 2.90. The second kappa shape index (κ2) is 10.3. The Bertz CT molecular complexity index is 268. The lowest BCUT2D eigenvalue weighted by Crippen LogP contribution is -2.26. The van der Waals surface area contributed by atoms with Crippen LogP contribution in [-0.4, -0.2) is 12.5 Å². The number of allylic oxidation sites excluding steroid dienone is 2. The van der Waals surface area contributed by atoms with Gasteiger partial charge in [-0.05, 0) is 19.3 Å². The summed E-state index contributed by atoms with van der Waals surface area (Å²) in [6.45, 7) is 6.94. The topological polar surface area (TPSA) is 29.1 Å². The van der Waals surface area contributed by atoms with Crippen LogP contribution in [0.4, 0.5) is 0 Å². The van der Waals surface area contributed by atoms with Crippen molar-refractivity contribution in [3.05, 3.63) is 12.2 Å². The number of carbonyl (C=O) groups excluding carboxylic acids is 1. The van der Waals surface area contributed by atoms with Crippen molar-refractivity contribution < 1.29 is 4.79 Å². The first-order valence-electron chi connectivity index (χ1n) is 6.00. The van der Waals surface area contributed by atoms with E-state index in [-0.39, 0.29) is 5.91 Å². The Labute approximate surface area is 99.5 Å². The predicted molar refractivity (Wildman–Crippen MR) is 68.9 cm³/mol. The molecule has 0 aliphatic rings. The lowest BCUT2D eigenvalue weighted by atomic mass is 10.2. The molecule has 0 aromatic rings. The first-order valence-corrected chi connectivity index (χ1v) is 6.00. The second-order valence-electron chi connectivity index (χ2n) is 4.18. The summed E-state index contributed by atoms with van der Waals surface area (Å²) >= 11 is 0. The number of carbonyl (C=O) groups is 1. The molecule has 0 aromatic heterocycles. The van der Waals surface area contributed by atoms with Gasteiger partial charge < -0.3 is 5.32 Å². The van der Waals surface area contributed by atoms with Gasteiger partial charge in [-0.15, -0.1) is 5.92 Å². The molecular formula is C14H23NO. The SMILES string of the molecule is C/C=C/CC#CCCCC(=O)NCC(C)C. The minimum Gasteiger partial charge on any atom is -0.356 e. The molecule has 1 N–H and O–H groups in total. The van der Waals surface area contributed by atoms with Crippen LogP contribution in [0.3, 0.4) is 0 Å². The van der Waals surface area contributed by atoms with E-state index in [4.69, 9.17) is 0 Å². The van der Waals surface area contributed by atoms with Gasteiger partial charge in [0.05, 0.1) is 0 Å². The molecule has 0 aliphatic heterocycles. The molecule has 16 heavy (non-hydrogen) atoms. The lowest BCUT2D eigenvalue weighted by molar-refractivity contribution is -0.121. The Morgan fingerprint density at radius 1 is 1.38 bits per heavy atom. The van der Waals surface area contributed by atoms with Gasteiger partial charge in [-0.25, -0.2) is 0 Å². The summed E-state index contributed by atoms with van der Waals surface area (Å²) in [6.07, 6.45) is 7.09. The number of unbranched alkanes of at least 4 members (excludes halogenated alkanes) is 1. The molecule has 0 heterocycles. The quantitative estimate of drug-likeness (QED) is 0.417. The zero-order valence-electron chi connectivity index (χ0n) is 10.7. The van der Waals surface area contributed by atoms with Crippen molar-refractivity contribution in [2.45, 2.75) is 46.5 Å². The highest BCUT2D eigenvalue weighted by atomic mass is 16.1. The standard InChI is InChI=1S/C14H23NO/c1-4-5-6-7-8-9-10-11-14(16)15-12-13(2)3/h4-5,13H,6,9-12H2,1-3H3,(H,15,16)/b5-4+. The summed E-state index contributed by atoms with van der Waals surface area (Å²) in [6, 6.07) is 0. The van der Waals surface area contributed by atoms with Gasteiger partial charge in [0.25, 0.3) is 0 Å². The minimum atomic E-state index is 0.143. The Morgan fingerprint density at radius 3 is 2.75 bits per heavy atom. The highest BCUT2D eigenvalue weighted by Crippen LogP contribution is 1.95. The van der Waals surface area contributed by atoms with Crippen LogP contribution in [0, 0.1) is 17.8 Å². The van der Waals surface area contributed by atoms with E-state index < -0.39 is 0 Å². The van der Waals surface area contributed by atoms with Crippen LogP contribution in [0.1, 0.15) is 46.5 Å². The van der Waals surface area contributed by atoms with Crippen LogP contribution < -0.4 is 5.32 Å². The molecule has 2 heteroatoms. The fourth-order valence-electron chi connectivity index (χ4n) is 1.08. The second-order valence-corrected chi connectivity index (χ2v) is 4.18. The molecular weight excluding hydrogens is 198 g/mol. The molecule has 0 saturated heterocycles. The summed E-state index contributed by atoms with van der Waals surface area (Å²) in [4.78, 5) is 11.3. The Kier molecular flexibility index (Phi) is 9.50. The molecule has 0 fully saturated rings. The average molecular weight is 221 g/mol. The van der Waals surface area contributed by atoms with Gasteiger partial charge >= 0.3 is 0 Å². The van der Waals surface area contributed by atoms with Gasteiger partial charge in [0, 0.05) is 25.8 Å². The molecule has 0 bridgehead atoms. The van der Waals surface area contributed by atoms with Crippen LogP contribution in [0.25, 0.3) is 0 Å². The first-order chi connectivity index (χ1) is 7.66. The zero-order valence-corrected chi connectivity index (χ0v) is 10.7. The maximum absolute atomic E-state index is 11.3. The van der Waals surface area contributed by atoms with Gasteiger partial charge in [-0.3, -0.25) is 4.79 Å². The molecule has 0 spiro atoms. The van der Waals surface area contributed by atoms with Gasteiger partial charge in [0.2, 0.25) is 5.91 Å². The minimum absolute atomic E-state index is 0.143. The fourth-order valence-corrected chi connectivity index (χ4v) is 1.08. The molecule has 0 rings (SSSR count). The van der Waals surface area contributed by atoms with Gasteiger partial charge in [-0.2, -0.15) is 0 Å². The number of nitrogens with one attached hydrogen (secondary N) is 1. The summed E-state index contributed by atoms with van der Waals surface area (Å²) < 4.78 is 0. The predicted octanol–water partition coefficient (Wildman–Crippen LogP) is 2.90. The Balaban J connectivity index is 3.42. The van der Waals surface area contributed by atoms with Crippen molar-refractivity contribution >= 4 is 5.91 Å². The Morgan fingerprint density at radius 2 is 2.12 bits per heavy atom. The summed E-state index contributed by atoms with van der Waals surface area (Å²) in [5.74, 6) is 6.76. The van der Waals surface area contributed by atoms with Crippen molar-refractivity contribution in [3.63, 3.8) is 0 Å². The van der Waals surface area contributed by atoms with Crippen molar-refractivity contribution in [1.29, 1.82) is 0 Å². The third kappa shape index (κ3) is 10.8. The van der Waals surface area contributed by atoms with Crippen LogP contribution in [0.15, 0.2) is 12.2 Å². The van der Waals surface area contributed by atoms with E-state index >= 15 is 0 Å². The first kappa shape index (κ1) is 14.8. The van der Waals surface area contributed by atoms with E-state index in [9.17, 15) is 4.79 Å². The van der Waals surface area contributed by atoms with Gasteiger partial charge in [0.15, 0.2) is 0 Å². The molecule has 1 amide bonds. The molecule has 0 saturated carbocycles. The normalized spacial score (nSPS) is 10.2. The van der Waals surface area contributed by atoms with Crippen LogP contribution >= 0.6 is 0 Å². The van der Waals surface area contributed by atoms with E-state index in [1.807, 2.05) is 19.1 Å². The largest absolute Gasteiger partial charge is 0.356 e. The molecule has 0 aromatic carbocycles. The van der Waals surface area contributed by atoms with Crippen LogP contribution in [0.2, 0.25) is 0 Å². The fraction of sp³-hybridized carbons (Fsp3) is 0.643. The Hall–Kier alpha value is -1.23. The molecule has 0 unspecified atom stereocenters. The molecule has 90 valence electrons. The number of rotatable bonds is 6. The van der Waals surface area contributed by atoms with Crippen LogP contribution in [0.5, 0.6) is 0 Å². The number of hydrogen-bond acceptors (Lipinski definition) is 1. The average Bonchev–Trinajstić information content (AvgIpc) is 2.25. The maximum Gasteiger partial charge on any atom is 0.220 e. The highest BCUT2D eigenvalue weighted by molar-refractivity contribution is 5.75. The van der Waals surface area contributed by atoms with E-state index in [0.717, 1.165) is 25.8 Å². The smallest absolute Gasteiger partial charge is 0.220 e. The van der Waals surface area contributed by atoms with E-state index in [0.29, 0.717) is 12.3 Å². The molecule has 0 radical (unpaired) electrons. The zero-order chi connectivity index (χ0) is 12.2. The van der Waals surface area contributed by atoms with Crippen molar-refractivity contribution in [2.24, 2.45) is 5.92 Å². The van der Waals surface area contributed by atoms with Gasteiger partial charge in [-0.1, -0.05) is 31.9 Å². The molecule has 0 atom stereocenters. The van der Waals surface area contributed by atoms with E-state index in [1.165, 1.54) is 0 Å².